The Kier molecular flexibility index (Phi) is 6.79. The van der Waals surface area contributed by atoms with Gasteiger partial charge < -0.3 is 15.8 Å². The van der Waals surface area contributed by atoms with Gasteiger partial charge in [-0.25, -0.2) is 0 Å². The number of nitrogen functional groups attached to an aromatic ring is 1. The van der Waals surface area contributed by atoms with Crippen molar-refractivity contribution in [1.29, 1.82) is 0 Å². The van der Waals surface area contributed by atoms with Crippen LogP contribution in [0.1, 0.15) is 36.5 Å². The number of nitrogens with one attached hydrogen (secondary N) is 1. The number of nitrogens with two attached hydrogens (primary N) is 1. The number of carbonyl (C=O) groups excluding carboxylic acids is 1. The molecular formula is C13H21N3O2. The molecule has 0 aliphatic heterocycles. The second kappa shape index (κ2) is 8.47. The van der Waals surface area contributed by atoms with E-state index in [1.54, 1.807) is 6.07 Å². The molecule has 100 valence electrons. The van der Waals surface area contributed by atoms with Crippen molar-refractivity contribution in [2.45, 2.75) is 26.2 Å². The quantitative estimate of drug-likeness (QED) is 0.688. The smallest absolute Gasteiger partial charge is 0.252 e. The Bertz CT molecular complexity index is 369. The Labute approximate surface area is 108 Å². The van der Waals surface area contributed by atoms with E-state index >= 15 is 0 Å². The molecule has 1 amide bonds. The highest BCUT2D eigenvalue weighted by atomic mass is 16.5. The SMILES string of the molecule is CCCCOCCCNC(=O)c1cncc(N)c1. The number of pyridine rings is 1. The molecule has 1 heterocycles. The number of nitrogens with zero attached hydrogens (tertiary/aromatic N) is 1. The Balaban J connectivity index is 2.14. The van der Waals surface area contributed by atoms with Crippen LogP contribution in [-0.2, 0) is 4.74 Å². The van der Waals surface area contributed by atoms with Crippen LogP contribution in [0.2, 0.25) is 0 Å². The number of rotatable bonds is 8. The second-order valence-electron chi connectivity index (χ2n) is 4.08. The third-order valence-electron chi connectivity index (χ3n) is 2.41. The summed E-state index contributed by atoms with van der Waals surface area (Å²) < 4.78 is 5.40. The highest BCUT2D eigenvalue weighted by Crippen LogP contribution is 2.03. The van der Waals surface area contributed by atoms with Gasteiger partial charge in [-0.3, -0.25) is 9.78 Å². The molecule has 0 aromatic carbocycles. The minimum atomic E-state index is -0.150. The zero-order chi connectivity index (χ0) is 13.2. The van der Waals surface area contributed by atoms with Crippen LogP contribution in [-0.4, -0.2) is 30.6 Å². The van der Waals surface area contributed by atoms with Crippen LogP contribution < -0.4 is 11.1 Å². The molecule has 0 spiro atoms. The summed E-state index contributed by atoms with van der Waals surface area (Å²) >= 11 is 0. The molecule has 0 aliphatic carbocycles. The summed E-state index contributed by atoms with van der Waals surface area (Å²) in [6.45, 7) is 4.20. The van der Waals surface area contributed by atoms with Gasteiger partial charge in [0.15, 0.2) is 0 Å². The third kappa shape index (κ3) is 5.63. The van der Waals surface area contributed by atoms with Crippen molar-refractivity contribution in [3.63, 3.8) is 0 Å². The van der Waals surface area contributed by atoms with E-state index in [-0.39, 0.29) is 5.91 Å². The van der Waals surface area contributed by atoms with Crippen molar-refractivity contribution < 1.29 is 9.53 Å². The Hall–Kier alpha value is -1.62. The van der Waals surface area contributed by atoms with E-state index in [4.69, 9.17) is 10.5 Å². The lowest BCUT2D eigenvalue weighted by Gasteiger charge is -2.06. The van der Waals surface area contributed by atoms with Crippen LogP contribution in [0.3, 0.4) is 0 Å². The molecular weight excluding hydrogens is 230 g/mol. The number of carbonyl (C=O) groups is 1. The summed E-state index contributed by atoms with van der Waals surface area (Å²) in [5, 5.41) is 2.80. The first-order valence-electron chi connectivity index (χ1n) is 6.30. The fraction of sp³-hybridized carbons (Fsp3) is 0.538. The van der Waals surface area contributed by atoms with Crippen LogP contribution in [0.25, 0.3) is 0 Å². The van der Waals surface area contributed by atoms with Gasteiger partial charge in [-0.1, -0.05) is 13.3 Å². The molecule has 18 heavy (non-hydrogen) atoms. The predicted molar refractivity (Wildman–Crippen MR) is 71.3 cm³/mol. The maximum atomic E-state index is 11.7. The normalized spacial score (nSPS) is 10.3. The van der Waals surface area contributed by atoms with E-state index in [0.29, 0.717) is 24.4 Å². The molecule has 0 atom stereocenters. The molecule has 1 aromatic rings. The molecule has 1 rings (SSSR count). The van der Waals surface area contributed by atoms with Crippen LogP contribution >= 0.6 is 0 Å². The molecule has 1 aromatic heterocycles. The fourth-order valence-electron chi connectivity index (χ4n) is 1.41. The van der Waals surface area contributed by atoms with Crippen molar-refractivity contribution in [1.82, 2.24) is 10.3 Å². The van der Waals surface area contributed by atoms with Crippen LogP contribution in [0.15, 0.2) is 18.5 Å². The van der Waals surface area contributed by atoms with Crippen molar-refractivity contribution in [3.05, 3.63) is 24.0 Å². The Morgan fingerprint density at radius 3 is 2.89 bits per heavy atom. The average molecular weight is 251 g/mol. The Morgan fingerprint density at radius 2 is 2.17 bits per heavy atom. The topological polar surface area (TPSA) is 77.2 Å². The molecule has 0 unspecified atom stereocenters. The zero-order valence-electron chi connectivity index (χ0n) is 10.8. The first kappa shape index (κ1) is 14.4. The van der Waals surface area contributed by atoms with Crippen molar-refractivity contribution in [2.75, 3.05) is 25.5 Å². The van der Waals surface area contributed by atoms with Crippen LogP contribution in [0.5, 0.6) is 0 Å². The summed E-state index contributed by atoms with van der Waals surface area (Å²) in [5.41, 5.74) is 6.54. The minimum Gasteiger partial charge on any atom is -0.397 e. The van der Waals surface area contributed by atoms with Crippen molar-refractivity contribution in [3.8, 4) is 0 Å². The van der Waals surface area contributed by atoms with Crippen LogP contribution in [0, 0.1) is 0 Å². The largest absolute Gasteiger partial charge is 0.397 e. The van der Waals surface area contributed by atoms with Gasteiger partial charge in [0.25, 0.3) is 5.91 Å². The zero-order valence-corrected chi connectivity index (χ0v) is 10.8. The molecule has 0 saturated heterocycles. The average Bonchev–Trinajstić information content (AvgIpc) is 2.37. The maximum absolute atomic E-state index is 11.7. The molecule has 0 radical (unpaired) electrons. The summed E-state index contributed by atoms with van der Waals surface area (Å²) in [5.74, 6) is -0.150. The number of unbranched alkanes of at least 4 members (excludes halogenated alkanes) is 1. The van der Waals surface area contributed by atoms with Gasteiger partial charge in [-0.15, -0.1) is 0 Å². The van der Waals surface area contributed by atoms with E-state index in [1.807, 2.05) is 0 Å². The lowest BCUT2D eigenvalue weighted by Crippen LogP contribution is -2.25. The lowest BCUT2D eigenvalue weighted by molar-refractivity contribution is 0.0940. The number of anilines is 1. The summed E-state index contributed by atoms with van der Waals surface area (Å²) in [7, 11) is 0. The highest BCUT2D eigenvalue weighted by molar-refractivity contribution is 5.94. The van der Waals surface area contributed by atoms with Gasteiger partial charge in [-0.05, 0) is 18.9 Å². The Morgan fingerprint density at radius 1 is 1.39 bits per heavy atom. The number of ether oxygens (including phenoxy) is 1. The predicted octanol–water partition coefficient (Wildman–Crippen LogP) is 1.60. The highest BCUT2D eigenvalue weighted by Gasteiger charge is 2.04. The summed E-state index contributed by atoms with van der Waals surface area (Å²) in [6.07, 6.45) is 6.05. The molecule has 0 fully saturated rings. The van der Waals surface area contributed by atoms with E-state index in [9.17, 15) is 4.79 Å². The van der Waals surface area contributed by atoms with Gasteiger partial charge in [0.05, 0.1) is 11.3 Å². The van der Waals surface area contributed by atoms with Gasteiger partial charge >= 0.3 is 0 Å². The molecule has 5 nitrogen and oxygen atoms in total. The standard InChI is InChI=1S/C13H21N3O2/c1-2-3-6-18-7-4-5-16-13(17)11-8-12(14)10-15-9-11/h8-10H,2-7,14H2,1H3,(H,16,17). The first-order chi connectivity index (χ1) is 8.74. The van der Waals surface area contributed by atoms with Crippen molar-refractivity contribution in [2.24, 2.45) is 0 Å². The van der Waals surface area contributed by atoms with Gasteiger partial charge in [0.1, 0.15) is 0 Å². The number of aromatic nitrogens is 1. The third-order valence-corrected chi connectivity index (χ3v) is 2.41. The lowest BCUT2D eigenvalue weighted by atomic mass is 10.2. The monoisotopic (exact) mass is 251 g/mol. The molecule has 3 N–H and O–H groups in total. The van der Waals surface area contributed by atoms with E-state index in [0.717, 1.165) is 25.9 Å². The van der Waals surface area contributed by atoms with Crippen LogP contribution in [0.4, 0.5) is 5.69 Å². The molecule has 0 bridgehead atoms. The van der Waals surface area contributed by atoms with Gasteiger partial charge in [0.2, 0.25) is 0 Å². The van der Waals surface area contributed by atoms with Gasteiger partial charge in [-0.2, -0.15) is 0 Å². The minimum absolute atomic E-state index is 0.150. The molecule has 0 saturated carbocycles. The fourth-order valence-corrected chi connectivity index (χ4v) is 1.41. The van der Waals surface area contributed by atoms with E-state index in [2.05, 4.69) is 17.2 Å². The molecule has 0 aliphatic rings. The number of hydrogen-bond acceptors (Lipinski definition) is 4. The molecule has 5 heteroatoms. The second-order valence-corrected chi connectivity index (χ2v) is 4.08. The first-order valence-corrected chi connectivity index (χ1v) is 6.30. The van der Waals surface area contributed by atoms with Crippen molar-refractivity contribution >= 4 is 11.6 Å². The summed E-state index contributed by atoms with van der Waals surface area (Å²) in [6, 6.07) is 1.61. The van der Waals surface area contributed by atoms with E-state index < -0.39 is 0 Å². The number of amides is 1. The van der Waals surface area contributed by atoms with Gasteiger partial charge in [0, 0.05) is 32.2 Å². The maximum Gasteiger partial charge on any atom is 0.252 e. The van der Waals surface area contributed by atoms with E-state index in [1.165, 1.54) is 12.4 Å². The number of hydrogen-bond donors (Lipinski definition) is 2. The summed E-state index contributed by atoms with van der Waals surface area (Å²) in [4.78, 5) is 15.6.